The molecule has 0 aliphatic heterocycles. The number of carbonyl (C=O) groups is 1. The highest BCUT2D eigenvalue weighted by atomic mass is 79.9. The van der Waals surface area contributed by atoms with E-state index in [0.717, 1.165) is 4.47 Å². The molecule has 1 heterocycles. The summed E-state index contributed by atoms with van der Waals surface area (Å²) in [5, 5.41) is 8.90. The first kappa shape index (κ1) is 10.7. The Morgan fingerprint density at radius 3 is 2.38 bits per heavy atom. The summed E-state index contributed by atoms with van der Waals surface area (Å²) in [6.07, 6.45) is 0. The number of carboxylic acids is 1. The average molecular weight is 283 g/mol. The minimum absolute atomic E-state index is 0.132. The first-order valence-corrected chi connectivity index (χ1v) is 5.19. The number of aromatic carboxylic acids is 1. The van der Waals surface area contributed by atoms with Crippen molar-refractivity contribution in [3.05, 3.63) is 44.9 Å². The molecule has 5 nitrogen and oxygen atoms in total. The number of nitrogens with one attached hydrogen (secondary N) is 2. The summed E-state index contributed by atoms with van der Waals surface area (Å²) >= 11 is 3.27. The second-order valence-electron chi connectivity index (χ2n) is 3.14. The lowest BCUT2D eigenvalue weighted by Crippen LogP contribution is -2.03. The molecular weight excluding hydrogens is 276 g/mol. The second-order valence-corrected chi connectivity index (χ2v) is 4.06. The summed E-state index contributed by atoms with van der Waals surface area (Å²) < 4.78 is 0.881. The maximum Gasteiger partial charge on any atom is 0.354 e. The molecule has 0 saturated carbocycles. The number of rotatable bonds is 2. The smallest absolute Gasteiger partial charge is 0.354 e. The summed E-state index contributed by atoms with van der Waals surface area (Å²) in [5.41, 5.74) is 0.256. The van der Waals surface area contributed by atoms with Gasteiger partial charge in [-0.15, -0.1) is 0 Å². The highest BCUT2D eigenvalue weighted by Crippen LogP contribution is 2.21. The van der Waals surface area contributed by atoms with E-state index in [-0.39, 0.29) is 11.4 Å². The maximum atomic E-state index is 11.1. The largest absolute Gasteiger partial charge is 0.477 e. The Morgan fingerprint density at radius 2 is 1.81 bits per heavy atom. The first-order chi connectivity index (χ1) is 7.58. The quantitative estimate of drug-likeness (QED) is 0.785. The van der Waals surface area contributed by atoms with Gasteiger partial charge in [0.15, 0.2) is 5.69 Å². The van der Waals surface area contributed by atoms with Gasteiger partial charge in [0.2, 0.25) is 0 Å². The first-order valence-electron chi connectivity index (χ1n) is 4.39. The number of aromatic nitrogens is 2. The van der Waals surface area contributed by atoms with Crippen LogP contribution in [0.5, 0.6) is 0 Å². The average Bonchev–Trinajstić information content (AvgIpc) is 2.61. The second kappa shape index (κ2) is 3.97. The van der Waals surface area contributed by atoms with Gasteiger partial charge < -0.3 is 10.1 Å². The van der Waals surface area contributed by atoms with Crippen molar-refractivity contribution in [3.63, 3.8) is 0 Å². The van der Waals surface area contributed by atoms with Gasteiger partial charge in [-0.05, 0) is 12.1 Å². The van der Waals surface area contributed by atoms with Gasteiger partial charge in [0, 0.05) is 10.0 Å². The predicted molar refractivity (Wildman–Crippen MR) is 61.5 cm³/mol. The third-order valence-corrected chi connectivity index (χ3v) is 2.60. The molecule has 2 rings (SSSR count). The van der Waals surface area contributed by atoms with Gasteiger partial charge in [0.1, 0.15) is 0 Å². The molecule has 0 amide bonds. The molecule has 0 bridgehead atoms. The zero-order valence-electron chi connectivity index (χ0n) is 7.95. The minimum atomic E-state index is -1.17. The molecule has 0 fully saturated rings. The fourth-order valence-electron chi connectivity index (χ4n) is 1.38. The Labute approximate surface area is 98.3 Å². The Morgan fingerprint density at radius 1 is 1.19 bits per heavy atom. The Balaban J connectivity index is 2.59. The number of aromatic amines is 2. The Hall–Kier alpha value is -1.82. The van der Waals surface area contributed by atoms with Crippen molar-refractivity contribution >= 4 is 21.9 Å². The van der Waals surface area contributed by atoms with Crippen molar-refractivity contribution in [2.45, 2.75) is 0 Å². The highest BCUT2D eigenvalue weighted by molar-refractivity contribution is 9.10. The van der Waals surface area contributed by atoms with E-state index in [2.05, 4.69) is 25.9 Å². The number of hydrogen-bond acceptors (Lipinski definition) is 2. The van der Waals surface area contributed by atoms with E-state index in [4.69, 9.17) is 5.11 Å². The van der Waals surface area contributed by atoms with Crippen molar-refractivity contribution in [1.29, 1.82) is 0 Å². The molecule has 0 spiro atoms. The van der Waals surface area contributed by atoms with E-state index in [1.54, 1.807) is 24.3 Å². The van der Waals surface area contributed by atoms with Crippen LogP contribution in [0.25, 0.3) is 11.3 Å². The SMILES string of the molecule is O=C(O)c1[nH]c(=O)[nH]c1-c1ccc(Br)cc1. The van der Waals surface area contributed by atoms with Crippen molar-refractivity contribution in [2.24, 2.45) is 0 Å². The van der Waals surface area contributed by atoms with Gasteiger partial charge in [-0.2, -0.15) is 0 Å². The molecule has 0 aliphatic carbocycles. The number of hydrogen-bond donors (Lipinski definition) is 3. The van der Waals surface area contributed by atoms with Gasteiger partial charge in [-0.25, -0.2) is 9.59 Å². The number of benzene rings is 1. The van der Waals surface area contributed by atoms with Crippen LogP contribution < -0.4 is 5.69 Å². The monoisotopic (exact) mass is 282 g/mol. The van der Waals surface area contributed by atoms with Crippen LogP contribution in [0.15, 0.2) is 33.5 Å². The van der Waals surface area contributed by atoms with E-state index < -0.39 is 11.7 Å². The lowest BCUT2D eigenvalue weighted by Gasteiger charge is -1.99. The number of halogens is 1. The van der Waals surface area contributed by atoms with Gasteiger partial charge in [0.05, 0.1) is 5.69 Å². The van der Waals surface area contributed by atoms with Crippen LogP contribution in [0.3, 0.4) is 0 Å². The lowest BCUT2D eigenvalue weighted by molar-refractivity contribution is 0.0692. The van der Waals surface area contributed by atoms with E-state index in [0.29, 0.717) is 5.56 Å². The van der Waals surface area contributed by atoms with Gasteiger partial charge in [-0.1, -0.05) is 28.1 Å². The van der Waals surface area contributed by atoms with Gasteiger partial charge >= 0.3 is 11.7 Å². The molecule has 2 aromatic rings. The topological polar surface area (TPSA) is 85.9 Å². The summed E-state index contributed by atoms with van der Waals surface area (Å²) in [4.78, 5) is 26.6. The standard InChI is InChI=1S/C10H7BrN2O3/c11-6-3-1-5(2-4-6)7-8(9(14)15)13-10(16)12-7/h1-4H,(H,14,15)(H2,12,13,16). The fraction of sp³-hybridized carbons (Fsp3) is 0. The molecule has 0 radical (unpaired) electrons. The predicted octanol–water partition coefficient (Wildman–Crippen LogP) is 1.83. The molecule has 0 atom stereocenters. The van der Waals surface area contributed by atoms with E-state index >= 15 is 0 Å². The normalized spacial score (nSPS) is 10.3. The van der Waals surface area contributed by atoms with Crippen LogP contribution in [-0.4, -0.2) is 21.0 Å². The van der Waals surface area contributed by atoms with Crippen LogP contribution in [0.1, 0.15) is 10.5 Å². The molecule has 0 unspecified atom stereocenters. The molecule has 0 aliphatic rings. The van der Waals surface area contributed by atoms with Crippen LogP contribution >= 0.6 is 15.9 Å². The van der Waals surface area contributed by atoms with Crippen molar-refractivity contribution in [3.8, 4) is 11.3 Å². The van der Waals surface area contributed by atoms with Crippen LogP contribution in [0, 0.1) is 0 Å². The zero-order valence-corrected chi connectivity index (χ0v) is 9.54. The van der Waals surface area contributed by atoms with Crippen LogP contribution in [0.4, 0.5) is 0 Å². The van der Waals surface area contributed by atoms with E-state index in [1.165, 1.54) is 0 Å². The molecule has 6 heteroatoms. The number of carboxylic acid groups (broad SMARTS) is 1. The van der Waals surface area contributed by atoms with E-state index in [9.17, 15) is 9.59 Å². The van der Waals surface area contributed by atoms with E-state index in [1.807, 2.05) is 0 Å². The van der Waals surface area contributed by atoms with Gasteiger partial charge in [0.25, 0.3) is 0 Å². The lowest BCUT2D eigenvalue weighted by atomic mass is 10.1. The zero-order chi connectivity index (χ0) is 11.7. The summed E-state index contributed by atoms with van der Waals surface area (Å²) in [6, 6.07) is 6.98. The summed E-state index contributed by atoms with van der Waals surface area (Å²) in [7, 11) is 0. The van der Waals surface area contributed by atoms with Crippen LogP contribution in [-0.2, 0) is 0 Å². The highest BCUT2D eigenvalue weighted by Gasteiger charge is 2.15. The summed E-state index contributed by atoms with van der Waals surface area (Å²) in [6.45, 7) is 0. The molecule has 3 N–H and O–H groups in total. The minimum Gasteiger partial charge on any atom is -0.477 e. The molecule has 1 aromatic heterocycles. The van der Waals surface area contributed by atoms with Gasteiger partial charge in [-0.3, -0.25) is 4.98 Å². The molecule has 82 valence electrons. The van der Waals surface area contributed by atoms with Crippen molar-refractivity contribution in [1.82, 2.24) is 9.97 Å². The third kappa shape index (κ3) is 1.92. The Kier molecular flexibility index (Phi) is 2.66. The van der Waals surface area contributed by atoms with Crippen molar-refractivity contribution in [2.75, 3.05) is 0 Å². The van der Waals surface area contributed by atoms with Crippen molar-refractivity contribution < 1.29 is 9.90 Å². The molecule has 16 heavy (non-hydrogen) atoms. The third-order valence-electron chi connectivity index (χ3n) is 2.07. The fourth-order valence-corrected chi connectivity index (χ4v) is 1.64. The number of H-pyrrole nitrogens is 2. The summed E-state index contributed by atoms with van der Waals surface area (Å²) in [5.74, 6) is -1.17. The molecule has 1 aromatic carbocycles. The number of imidazole rings is 1. The molecule has 0 saturated heterocycles. The maximum absolute atomic E-state index is 11.1. The van der Waals surface area contributed by atoms with Crippen LogP contribution in [0.2, 0.25) is 0 Å². The molecular formula is C10H7BrN2O3. The Bertz CT molecular complexity index is 583.